The van der Waals surface area contributed by atoms with Gasteiger partial charge in [0.1, 0.15) is 16.4 Å². The average molecular weight is 314 g/mol. The van der Waals surface area contributed by atoms with E-state index in [0.29, 0.717) is 23.6 Å². The van der Waals surface area contributed by atoms with Gasteiger partial charge >= 0.3 is 0 Å². The van der Waals surface area contributed by atoms with E-state index in [1.54, 1.807) is 18.2 Å². The molecule has 0 saturated heterocycles. The normalized spacial score (nSPS) is 17.6. The Labute approximate surface area is 127 Å². The molecular weight excluding hydrogens is 288 g/mol. The highest BCUT2D eigenvalue weighted by Crippen LogP contribution is 2.32. The molecule has 1 saturated carbocycles. The van der Waals surface area contributed by atoms with Crippen LogP contribution in [-0.2, 0) is 16.6 Å². The summed E-state index contributed by atoms with van der Waals surface area (Å²) in [4.78, 5) is 0.287. The van der Waals surface area contributed by atoms with Crippen molar-refractivity contribution >= 4 is 10.0 Å². The van der Waals surface area contributed by atoms with Crippen molar-refractivity contribution in [3.63, 3.8) is 0 Å². The van der Waals surface area contributed by atoms with Gasteiger partial charge in [-0.2, -0.15) is 4.31 Å². The summed E-state index contributed by atoms with van der Waals surface area (Å²) in [5.41, 5.74) is 6.35. The molecule has 1 aliphatic rings. The van der Waals surface area contributed by atoms with Crippen molar-refractivity contribution < 1.29 is 12.8 Å². The van der Waals surface area contributed by atoms with Crippen LogP contribution in [0.2, 0.25) is 0 Å². The van der Waals surface area contributed by atoms with Crippen LogP contribution in [0.3, 0.4) is 0 Å². The number of hydrogen-bond acceptors (Lipinski definition) is 4. The van der Waals surface area contributed by atoms with E-state index in [-0.39, 0.29) is 17.5 Å². The topological polar surface area (TPSA) is 76.5 Å². The minimum atomic E-state index is -3.54. The number of nitrogens with zero attached hydrogens (tertiary/aromatic N) is 1. The van der Waals surface area contributed by atoms with Crippen LogP contribution in [-0.4, -0.2) is 25.3 Å². The van der Waals surface area contributed by atoms with Gasteiger partial charge in [-0.3, -0.25) is 0 Å². The first kappa shape index (κ1) is 16.5. The zero-order chi connectivity index (χ0) is 15.6. The van der Waals surface area contributed by atoms with Crippen LogP contribution in [0.5, 0.6) is 0 Å². The molecule has 0 amide bonds. The predicted molar refractivity (Wildman–Crippen MR) is 82.5 cm³/mol. The van der Waals surface area contributed by atoms with E-state index in [9.17, 15) is 8.42 Å². The first-order valence-electron chi connectivity index (χ1n) is 7.74. The Morgan fingerprint density at radius 2 is 1.81 bits per heavy atom. The Hall–Kier alpha value is -0.850. The maximum Gasteiger partial charge on any atom is 0.247 e. The molecule has 1 heterocycles. The molecule has 1 fully saturated rings. The van der Waals surface area contributed by atoms with Gasteiger partial charge in [0.05, 0.1) is 0 Å². The molecule has 0 radical (unpaired) electrons. The molecule has 1 aromatic heterocycles. The highest BCUT2D eigenvalue weighted by Gasteiger charge is 2.35. The quantitative estimate of drug-likeness (QED) is 0.906. The summed E-state index contributed by atoms with van der Waals surface area (Å²) < 4.78 is 33.3. The molecule has 120 valence electrons. The van der Waals surface area contributed by atoms with E-state index in [4.69, 9.17) is 10.2 Å². The Morgan fingerprint density at radius 3 is 2.33 bits per heavy atom. The molecular formula is C15H26N2O3S. The van der Waals surface area contributed by atoms with Crippen LogP contribution < -0.4 is 5.73 Å². The van der Waals surface area contributed by atoms with Gasteiger partial charge in [0.15, 0.2) is 0 Å². The fourth-order valence-electron chi connectivity index (χ4n) is 3.39. The number of furan rings is 1. The third kappa shape index (κ3) is 3.03. The van der Waals surface area contributed by atoms with E-state index < -0.39 is 10.0 Å². The van der Waals surface area contributed by atoms with Gasteiger partial charge in [0, 0.05) is 24.7 Å². The van der Waals surface area contributed by atoms with Crippen LogP contribution >= 0.6 is 0 Å². The van der Waals surface area contributed by atoms with E-state index >= 15 is 0 Å². The molecule has 0 spiro atoms. The van der Waals surface area contributed by atoms with Crippen molar-refractivity contribution in [2.75, 3.05) is 6.54 Å². The Bertz CT molecular complexity index is 586. The van der Waals surface area contributed by atoms with Crippen molar-refractivity contribution in [3.8, 4) is 0 Å². The maximum absolute atomic E-state index is 13.1. The SMILES string of the molecule is CCN(C1CCCCC1)S(=O)(=O)c1c(C)oc(C)c1CN. The zero-order valence-electron chi connectivity index (χ0n) is 13.2. The fraction of sp³-hybridized carbons (Fsp3) is 0.733. The monoisotopic (exact) mass is 314 g/mol. The Balaban J connectivity index is 2.44. The van der Waals surface area contributed by atoms with Crippen LogP contribution in [0, 0.1) is 13.8 Å². The van der Waals surface area contributed by atoms with Crippen LogP contribution in [0.25, 0.3) is 0 Å². The van der Waals surface area contributed by atoms with E-state index in [1.165, 1.54) is 6.42 Å². The largest absolute Gasteiger partial charge is 0.465 e. The Morgan fingerprint density at radius 1 is 1.19 bits per heavy atom. The number of sulfonamides is 1. The van der Waals surface area contributed by atoms with Gasteiger partial charge in [-0.1, -0.05) is 26.2 Å². The number of hydrogen-bond donors (Lipinski definition) is 1. The second-order valence-electron chi connectivity index (χ2n) is 5.73. The maximum atomic E-state index is 13.1. The van der Waals surface area contributed by atoms with Crippen molar-refractivity contribution in [2.45, 2.75) is 70.4 Å². The van der Waals surface area contributed by atoms with Crippen LogP contribution in [0.1, 0.15) is 56.1 Å². The van der Waals surface area contributed by atoms with Gasteiger partial charge in [-0.15, -0.1) is 0 Å². The van der Waals surface area contributed by atoms with Gasteiger partial charge in [0.2, 0.25) is 10.0 Å². The lowest BCUT2D eigenvalue weighted by atomic mass is 9.95. The second-order valence-corrected chi connectivity index (χ2v) is 7.55. The first-order valence-corrected chi connectivity index (χ1v) is 9.18. The predicted octanol–water partition coefficient (Wildman–Crippen LogP) is 2.70. The van der Waals surface area contributed by atoms with Gasteiger partial charge in [0.25, 0.3) is 0 Å². The van der Waals surface area contributed by atoms with Crippen molar-refractivity contribution in [1.82, 2.24) is 4.31 Å². The Kier molecular flexibility index (Phi) is 5.11. The molecule has 0 unspecified atom stereocenters. The smallest absolute Gasteiger partial charge is 0.247 e. The standard InChI is InChI=1S/C15H26N2O3S/c1-4-17(13-8-6-5-7-9-13)21(18,19)15-12(3)20-11(2)14(15)10-16/h13H,4-10,16H2,1-3H3. The lowest BCUT2D eigenvalue weighted by molar-refractivity contribution is 0.261. The summed E-state index contributed by atoms with van der Waals surface area (Å²) in [5.74, 6) is 1.05. The van der Waals surface area contributed by atoms with Crippen molar-refractivity contribution in [1.29, 1.82) is 0 Å². The van der Waals surface area contributed by atoms with Crippen LogP contribution in [0.4, 0.5) is 0 Å². The van der Waals surface area contributed by atoms with Gasteiger partial charge < -0.3 is 10.2 Å². The second kappa shape index (κ2) is 6.50. The van der Waals surface area contributed by atoms with E-state index in [0.717, 1.165) is 25.7 Å². The fourth-order valence-corrected chi connectivity index (χ4v) is 5.52. The number of rotatable bonds is 5. The number of aryl methyl sites for hydroxylation is 2. The molecule has 2 N–H and O–H groups in total. The highest BCUT2D eigenvalue weighted by atomic mass is 32.2. The summed E-state index contributed by atoms with van der Waals surface area (Å²) in [6, 6.07) is 0.106. The molecule has 0 bridgehead atoms. The number of nitrogens with two attached hydrogens (primary N) is 1. The summed E-state index contributed by atoms with van der Waals surface area (Å²) in [6.07, 6.45) is 5.29. The lowest BCUT2D eigenvalue weighted by Gasteiger charge is -2.32. The molecule has 6 heteroatoms. The molecule has 2 rings (SSSR count). The molecule has 5 nitrogen and oxygen atoms in total. The van der Waals surface area contributed by atoms with Crippen molar-refractivity contribution in [3.05, 3.63) is 17.1 Å². The van der Waals surface area contributed by atoms with E-state index in [1.807, 2.05) is 6.92 Å². The molecule has 0 atom stereocenters. The van der Waals surface area contributed by atoms with Crippen LogP contribution in [0.15, 0.2) is 9.31 Å². The highest BCUT2D eigenvalue weighted by molar-refractivity contribution is 7.89. The average Bonchev–Trinajstić information content (AvgIpc) is 2.75. The van der Waals surface area contributed by atoms with Gasteiger partial charge in [-0.25, -0.2) is 8.42 Å². The lowest BCUT2D eigenvalue weighted by Crippen LogP contribution is -2.41. The summed E-state index contributed by atoms with van der Waals surface area (Å²) in [6.45, 7) is 6.04. The first-order chi connectivity index (χ1) is 9.93. The molecule has 1 aromatic rings. The zero-order valence-corrected chi connectivity index (χ0v) is 14.0. The summed E-state index contributed by atoms with van der Waals surface area (Å²) in [5, 5.41) is 0. The minimum absolute atomic E-state index is 0.106. The van der Waals surface area contributed by atoms with Gasteiger partial charge in [-0.05, 0) is 26.7 Å². The molecule has 21 heavy (non-hydrogen) atoms. The minimum Gasteiger partial charge on any atom is -0.465 e. The summed E-state index contributed by atoms with van der Waals surface area (Å²) in [7, 11) is -3.54. The summed E-state index contributed by atoms with van der Waals surface area (Å²) >= 11 is 0. The van der Waals surface area contributed by atoms with Crippen molar-refractivity contribution in [2.24, 2.45) is 5.73 Å². The molecule has 0 aromatic carbocycles. The molecule has 1 aliphatic carbocycles. The van der Waals surface area contributed by atoms with E-state index in [2.05, 4.69) is 0 Å². The third-order valence-electron chi connectivity index (χ3n) is 4.39. The third-order valence-corrected chi connectivity index (χ3v) is 6.61. The molecule has 0 aliphatic heterocycles.